The minimum absolute atomic E-state index is 0.215. The lowest BCUT2D eigenvalue weighted by Gasteiger charge is -2.03. The SMILES string of the molecule is CCOC(=O)CSCc1nc(C)cc(N)n1. The van der Waals surface area contributed by atoms with Gasteiger partial charge >= 0.3 is 5.97 Å². The third kappa shape index (κ3) is 4.48. The molecule has 2 N–H and O–H groups in total. The van der Waals surface area contributed by atoms with Crippen LogP contribution in [0.2, 0.25) is 0 Å². The summed E-state index contributed by atoms with van der Waals surface area (Å²) < 4.78 is 4.80. The highest BCUT2D eigenvalue weighted by atomic mass is 32.2. The maximum Gasteiger partial charge on any atom is 0.315 e. The molecular weight excluding hydrogens is 226 g/mol. The van der Waals surface area contributed by atoms with Gasteiger partial charge in [0.1, 0.15) is 11.6 Å². The second-order valence-electron chi connectivity index (χ2n) is 3.15. The van der Waals surface area contributed by atoms with Crippen LogP contribution in [0.1, 0.15) is 18.4 Å². The first-order valence-corrected chi connectivity index (χ1v) is 6.10. The van der Waals surface area contributed by atoms with Crippen LogP contribution in [0.3, 0.4) is 0 Å². The van der Waals surface area contributed by atoms with E-state index >= 15 is 0 Å². The van der Waals surface area contributed by atoms with Gasteiger partial charge in [-0.25, -0.2) is 9.97 Å². The number of hydrogen-bond donors (Lipinski definition) is 1. The molecular formula is C10H15N3O2S. The molecule has 5 nitrogen and oxygen atoms in total. The van der Waals surface area contributed by atoms with Crippen LogP contribution in [0.25, 0.3) is 0 Å². The largest absolute Gasteiger partial charge is 0.465 e. The van der Waals surface area contributed by atoms with E-state index in [0.29, 0.717) is 29.8 Å². The number of aromatic nitrogens is 2. The summed E-state index contributed by atoms with van der Waals surface area (Å²) in [6.07, 6.45) is 0. The highest BCUT2D eigenvalue weighted by Gasteiger charge is 2.04. The summed E-state index contributed by atoms with van der Waals surface area (Å²) in [5.41, 5.74) is 6.42. The molecule has 0 bridgehead atoms. The van der Waals surface area contributed by atoms with Gasteiger partial charge in [-0.05, 0) is 13.8 Å². The van der Waals surface area contributed by atoms with Gasteiger partial charge in [-0.1, -0.05) is 0 Å². The highest BCUT2D eigenvalue weighted by molar-refractivity contribution is 7.99. The Hall–Kier alpha value is -1.30. The normalized spacial score (nSPS) is 10.1. The van der Waals surface area contributed by atoms with E-state index in [0.717, 1.165) is 5.69 Å². The molecule has 0 aliphatic carbocycles. The van der Waals surface area contributed by atoms with Crippen LogP contribution >= 0.6 is 11.8 Å². The number of nitrogens with two attached hydrogens (primary N) is 1. The van der Waals surface area contributed by atoms with Crippen molar-refractivity contribution >= 4 is 23.5 Å². The molecule has 1 aromatic heterocycles. The molecule has 1 rings (SSSR count). The number of aryl methyl sites for hydroxylation is 1. The van der Waals surface area contributed by atoms with E-state index in [1.807, 2.05) is 6.92 Å². The summed E-state index contributed by atoms with van der Waals surface area (Å²) in [5.74, 6) is 1.76. The zero-order chi connectivity index (χ0) is 12.0. The molecule has 6 heteroatoms. The Morgan fingerprint density at radius 2 is 2.31 bits per heavy atom. The molecule has 0 atom stereocenters. The van der Waals surface area contributed by atoms with Crippen LogP contribution < -0.4 is 5.73 Å². The van der Waals surface area contributed by atoms with E-state index < -0.39 is 0 Å². The molecule has 0 radical (unpaired) electrons. The maximum atomic E-state index is 11.1. The van der Waals surface area contributed by atoms with Gasteiger partial charge in [-0.15, -0.1) is 11.8 Å². The smallest absolute Gasteiger partial charge is 0.315 e. The van der Waals surface area contributed by atoms with Crippen molar-refractivity contribution in [2.45, 2.75) is 19.6 Å². The van der Waals surface area contributed by atoms with Crippen LogP contribution in [-0.4, -0.2) is 28.3 Å². The van der Waals surface area contributed by atoms with Crippen molar-refractivity contribution in [3.8, 4) is 0 Å². The van der Waals surface area contributed by atoms with Crippen molar-refractivity contribution in [1.29, 1.82) is 0 Å². The number of carbonyl (C=O) groups excluding carboxylic acids is 1. The lowest BCUT2D eigenvalue weighted by atomic mass is 10.4. The van der Waals surface area contributed by atoms with Crippen molar-refractivity contribution in [2.75, 3.05) is 18.1 Å². The van der Waals surface area contributed by atoms with Crippen LogP contribution in [0.4, 0.5) is 5.82 Å². The summed E-state index contributed by atoms with van der Waals surface area (Å²) in [6.45, 7) is 4.05. The second kappa shape index (κ2) is 6.32. The molecule has 0 saturated carbocycles. The van der Waals surface area contributed by atoms with Crippen molar-refractivity contribution in [3.63, 3.8) is 0 Å². The van der Waals surface area contributed by atoms with Gasteiger partial charge in [-0.3, -0.25) is 4.79 Å². The Kier molecular flexibility index (Phi) is 5.04. The minimum Gasteiger partial charge on any atom is -0.465 e. The number of nitrogen functional groups attached to an aromatic ring is 1. The number of rotatable bonds is 5. The number of thioether (sulfide) groups is 1. The van der Waals surface area contributed by atoms with Gasteiger partial charge in [-0.2, -0.15) is 0 Å². The zero-order valence-corrected chi connectivity index (χ0v) is 10.2. The molecule has 0 unspecified atom stereocenters. The molecule has 0 fully saturated rings. The third-order valence-electron chi connectivity index (χ3n) is 1.68. The molecule has 1 aromatic rings. The number of hydrogen-bond acceptors (Lipinski definition) is 6. The summed E-state index contributed by atoms with van der Waals surface area (Å²) in [6, 6.07) is 1.71. The minimum atomic E-state index is -0.215. The summed E-state index contributed by atoms with van der Waals surface area (Å²) in [5, 5.41) is 0. The van der Waals surface area contributed by atoms with Crippen LogP contribution in [0.5, 0.6) is 0 Å². The third-order valence-corrected chi connectivity index (χ3v) is 2.58. The van der Waals surface area contributed by atoms with Crippen molar-refractivity contribution in [3.05, 3.63) is 17.6 Å². The van der Waals surface area contributed by atoms with Crippen LogP contribution in [0.15, 0.2) is 6.07 Å². The highest BCUT2D eigenvalue weighted by Crippen LogP contribution is 2.10. The standard InChI is InChI=1S/C10H15N3O2S/c1-3-15-10(14)6-16-5-9-12-7(2)4-8(11)13-9/h4H,3,5-6H2,1-2H3,(H2,11,12,13). The lowest BCUT2D eigenvalue weighted by Crippen LogP contribution is -2.07. The first-order chi connectivity index (χ1) is 7.61. The summed E-state index contributed by atoms with van der Waals surface area (Å²) >= 11 is 1.42. The topological polar surface area (TPSA) is 78.1 Å². The van der Waals surface area contributed by atoms with Gasteiger partial charge in [0.2, 0.25) is 0 Å². The number of nitrogens with zero attached hydrogens (tertiary/aromatic N) is 2. The zero-order valence-electron chi connectivity index (χ0n) is 9.40. The fourth-order valence-electron chi connectivity index (χ4n) is 1.15. The van der Waals surface area contributed by atoms with Crippen LogP contribution in [-0.2, 0) is 15.3 Å². The first kappa shape index (κ1) is 12.8. The quantitative estimate of drug-likeness (QED) is 0.779. The molecule has 88 valence electrons. The van der Waals surface area contributed by atoms with E-state index in [1.54, 1.807) is 13.0 Å². The first-order valence-electron chi connectivity index (χ1n) is 4.95. The molecule has 0 spiro atoms. The predicted octanol–water partition coefficient (Wildman–Crippen LogP) is 1.16. The van der Waals surface area contributed by atoms with Gasteiger partial charge in [0.05, 0.1) is 18.1 Å². The lowest BCUT2D eigenvalue weighted by molar-refractivity contribution is -0.139. The van der Waals surface area contributed by atoms with E-state index in [2.05, 4.69) is 9.97 Å². The molecule has 1 heterocycles. The fraction of sp³-hybridized carbons (Fsp3) is 0.500. The molecule has 0 aliphatic rings. The van der Waals surface area contributed by atoms with Gasteiger partial charge in [0.25, 0.3) is 0 Å². The fourth-order valence-corrected chi connectivity index (χ4v) is 1.81. The molecule has 16 heavy (non-hydrogen) atoms. The monoisotopic (exact) mass is 241 g/mol. The van der Waals surface area contributed by atoms with Crippen LogP contribution in [0, 0.1) is 6.92 Å². The summed E-state index contributed by atoms with van der Waals surface area (Å²) in [4.78, 5) is 19.3. The van der Waals surface area contributed by atoms with E-state index in [9.17, 15) is 4.79 Å². The Bertz CT molecular complexity index is 351. The average Bonchev–Trinajstić information content (AvgIpc) is 2.16. The predicted molar refractivity (Wildman–Crippen MR) is 64.0 cm³/mol. The Balaban J connectivity index is 2.40. The van der Waals surface area contributed by atoms with E-state index in [-0.39, 0.29) is 5.97 Å². The Morgan fingerprint density at radius 3 is 2.94 bits per heavy atom. The van der Waals surface area contributed by atoms with Crippen molar-refractivity contribution in [2.24, 2.45) is 0 Å². The van der Waals surface area contributed by atoms with Crippen molar-refractivity contribution < 1.29 is 9.53 Å². The number of carbonyl (C=O) groups is 1. The number of anilines is 1. The van der Waals surface area contributed by atoms with Gasteiger partial charge in [0.15, 0.2) is 0 Å². The van der Waals surface area contributed by atoms with Gasteiger partial charge < -0.3 is 10.5 Å². The number of esters is 1. The summed E-state index contributed by atoms with van der Waals surface area (Å²) in [7, 11) is 0. The maximum absolute atomic E-state index is 11.1. The average molecular weight is 241 g/mol. The Labute approximate surface area is 98.8 Å². The molecule has 0 amide bonds. The van der Waals surface area contributed by atoms with Crippen molar-refractivity contribution in [1.82, 2.24) is 9.97 Å². The van der Waals surface area contributed by atoms with E-state index in [4.69, 9.17) is 10.5 Å². The number of ether oxygens (including phenoxy) is 1. The molecule has 0 aliphatic heterocycles. The van der Waals surface area contributed by atoms with E-state index in [1.165, 1.54) is 11.8 Å². The molecule has 0 aromatic carbocycles. The van der Waals surface area contributed by atoms with Gasteiger partial charge in [0, 0.05) is 11.8 Å². The molecule has 0 saturated heterocycles. The Morgan fingerprint density at radius 1 is 1.56 bits per heavy atom. The second-order valence-corrected chi connectivity index (χ2v) is 4.13.